The van der Waals surface area contributed by atoms with Crippen molar-refractivity contribution in [3.63, 3.8) is 0 Å². The number of thiazole rings is 1. The normalized spacial score (nSPS) is 11.1. The van der Waals surface area contributed by atoms with Crippen LogP contribution >= 0.6 is 11.3 Å². The molecule has 0 spiro atoms. The molecule has 0 aliphatic heterocycles. The van der Waals surface area contributed by atoms with Crippen molar-refractivity contribution in [2.45, 2.75) is 6.54 Å². The molecule has 2 heterocycles. The van der Waals surface area contributed by atoms with E-state index in [2.05, 4.69) is 9.97 Å². The molecule has 0 amide bonds. The summed E-state index contributed by atoms with van der Waals surface area (Å²) in [6.07, 6.45) is 1.39. The molecule has 2 aromatic carbocycles. The molecule has 0 N–H and O–H groups in total. The summed E-state index contributed by atoms with van der Waals surface area (Å²) in [7, 11) is 0. The summed E-state index contributed by atoms with van der Waals surface area (Å²) in [5.41, 5.74) is 1.60. The highest BCUT2D eigenvalue weighted by Gasteiger charge is 2.09. The van der Waals surface area contributed by atoms with Gasteiger partial charge in [-0.15, -0.1) is 11.3 Å². The Bertz CT molecular complexity index is 1120. The minimum atomic E-state index is -0.430. The summed E-state index contributed by atoms with van der Waals surface area (Å²) in [6, 6.07) is 10.00. The van der Waals surface area contributed by atoms with Crippen LogP contribution in [0, 0.1) is 11.6 Å². The van der Waals surface area contributed by atoms with Crippen LogP contribution in [-0.2, 0) is 6.54 Å². The molecule has 0 unspecified atom stereocenters. The van der Waals surface area contributed by atoms with Gasteiger partial charge in [-0.25, -0.2) is 18.7 Å². The highest BCUT2D eigenvalue weighted by atomic mass is 32.1. The van der Waals surface area contributed by atoms with Crippen molar-refractivity contribution in [2.75, 3.05) is 0 Å². The monoisotopic (exact) mass is 355 g/mol. The van der Waals surface area contributed by atoms with E-state index in [9.17, 15) is 13.6 Å². The Morgan fingerprint density at radius 2 is 1.80 bits per heavy atom. The number of aromatic nitrogens is 3. The van der Waals surface area contributed by atoms with Crippen molar-refractivity contribution in [3.8, 4) is 10.6 Å². The molecule has 0 aliphatic rings. The lowest BCUT2D eigenvalue weighted by Gasteiger charge is -2.04. The molecular weight excluding hydrogens is 344 g/mol. The molecule has 0 fully saturated rings. The zero-order valence-corrected chi connectivity index (χ0v) is 13.6. The maximum absolute atomic E-state index is 13.2. The second kappa shape index (κ2) is 6.18. The predicted molar refractivity (Wildman–Crippen MR) is 92.6 cm³/mol. The number of rotatable bonds is 3. The van der Waals surface area contributed by atoms with Gasteiger partial charge in [0.1, 0.15) is 16.6 Å². The van der Waals surface area contributed by atoms with Gasteiger partial charge in [0, 0.05) is 17.0 Å². The number of hydrogen-bond acceptors (Lipinski definition) is 4. The first-order chi connectivity index (χ1) is 12.1. The molecule has 4 rings (SSSR count). The van der Waals surface area contributed by atoms with E-state index < -0.39 is 5.82 Å². The third-order valence-electron chi connectivity index (χ3n) is 3.76. The van der Waals surface area contributed by atoms with E-state index in [0.717, 1.165) is 10.6 Å². The van der Waals surface area contributed by atoms with Crippen molar-refractivity contribution in [2.24, 2.45) is 0 Å². The molecule has 124 valence electrons. The summed E-state index contributed by atoms with van der Waals surface area (Å²) in [6.45, 7) is 0.261. The molecule has 0 aliphatic carbocycles. The van der Waals surface area contributed by atoms with Crippen LogP contribution in [0.5, 0.6) is 0 Å². The Morgan fingerprint density at radius 3 is 2.60 bits per heavy atom. The fourth-order valence-corrected chi connectivity index (χ4v) is 3.34. The number of halogens is 2. The van der Waals surface area contributed by atoms with Crippen LogP contribution in [0.15, 0.2) is 59.0 Å². The average molecular weight is 355 g/mol. The van der Waals surface area contributed by atoms with E-state index in [1.165, 1.54) is 52.6 Å². The Morgan fingerprint density at radius 1 is 1.04 bits per heavy atom. The second-order valence-electron chi connectivity index (χ2n) is 5.49. The SMILES string of the molecule is O=c1c2ccc(F)cc2ncn1Cc1csc(-c2ccc(F)cc2)n1. The minimum Gasteiger partial charge on any atom is -0.293 e. The lowest BCUT2D eigenvalue weighted by molar-refractivity contribution is 0.628. The van der Waals surface area contributed by atoms with Crippen LogP contribution in [0.1, 0.15) is 5.69 Å². The summed E-state index contributed by atoms with van der Waals surface area (Å²) < 4.78 is 27.7. The second-order valence-corrected chi connectivity index (χ2v) is 6.35. The topological polar surface area (TPSA) is 47.8 Å². The van der Waals surface area contributed by atoms with Gasteiger partial charge in [-0.3, -0.25) is 9.36 Å². The van der Waals surface area contributed by atoms with Gasteiger partial charge in [0.15, 0.2) is 0 Å². The third-order valence-corrected chi connectivity index (χ3v) is 4.70. The molecule has 7 heteroatoms. The summed E-state index contributed by atoms with van der Waals surface area (Å²) in [4.78, 5) is 21.1. The largest absolute Gasteiger partial charge is 0.293 e. The first-order valence-electron chi connectivity index (χ1n) is 7.45. The fraction of sp³-hybridized carbons (Fsp3) is 0.0556. The molecule has 0 atom stereocenters. The third kappa shape index (κ3) is 3.06. The highest BCUT2D eigenvalue weighted by Crippen LogP contribution is 2.24. The van der Waals surface area contributed by atoms with Crippen molar-refractivity contribution in [1.82, 2.24) is 14.5 Å². The van der Waals surface area contributed by atoms with Crippen molar-refractivity contribution in [3.05, 3.63) is 81.9 Å². The van der Waals surface area contributed by atoms with E-state index in [0.29, 0.717) is 16.6 Å². The zero-order chi connectivity index (χ0) is 17.4. The Kier molecular flexibility index (Phi) is 3.85. The zero-order valence-electron chi connectivity index (χ0n) is 12.8. The first kappa shape index (κ1) is 15.6. The summed E-state index contributed by atoms with van der Waals surface area (Å²) >= 11 is 1.42. The van der Waals surface area contributed by atoms with Crippen molar-refractivity contribution in [1.29, 1.82) is 0 Å². The fourth-order valence-electron chi connectivity index (χ4n) is 2.52. The highest BCUT2D eigenvalue weighted by molar-refractivity contribution is 7.13. The quantitative estimate of drug-likeness (QED) is 0.561. The van der Waals surface area contributed by atoms with E-state index in [1.54, 1.807) is 12.1 Å². The van der Waals surface area contributed by atoms with Gasteiger partial charge in [-0.2, -0.15) is 0 Å². The molecule has 0 saturated heterocycles. The lowest BCUT2D eigenvalue weighted by Crippen LogP contribution is -2.21. The Balaban J connectivity index is 1.66. The molecule has 0 radical (unpaired) electrons. The first-order valence-corrected chi connectivity index (χ1v) is 8.33. The predicted octanol–water partition coefficient (Wildman–Crippen LogP) is 3.85. The van der Waals surface area contributed by atoms with Crippen LogP contribution in [0.3, 0.4) is 0 Å². The number of fused-ring (bicyclic) bond motifs is 1. The van der Waals surface area contributed by atoms with Crippen LogP contribution in [0.2, 0.25) is 0 Å². The molecule has 0 bridgehead atoms. The summed E-state index contributed by atoms with van der Waals surface area (Å²) in [5.74, 6) is -0.730. The average Bonchev–Trinajstić information content (AvgIpc) is 3.06. The molecule has 4 nitrogen and oxygen atoms in total. The van der Waals surface area contributed by atoms with Gasteiger partial charge >= 0.3 is 0 Å². The summed E-state index contributed by atoms with van der Waals surface area (Å²) in [5, 5.41) is 2.96. The van der Waals surface area contributed by atoms with E-state index in [-0.39, 0.29) is 17.9 Å². The maximum Gasteiger partial charge on any atom is 0.261 e. The minimum absolute atomic E-state index is 0.249. The molecule has 0 saturated carbocycles. The van der Waals surface area contributed by atoms with Gasteiger partial charge in [0.2, 0.25) is 0 Å². The van der Waals surface area contributed by atoms with Crippen LogP contribution in [-0.4, -0.2) is 14.5 Å². The van der Waals surface area contributed by atoms with Gasteiger partial charge < -0.3 is 0 Å². The van der Waals surface area contributed by atoms with Gasteiger partial charge in [0.25, 0.3) is 5.56 Å². The van der Waals surface area contributed by atoms with Gasteiger partial charge in [0.05, 0.1) is 29.5 Å². The van der Waals surface area contributed by atoms with E-state index in [1.807, 2.05) is 5.38 Å². The standard InChI is InChI=1S/C18H11F2N3OS/c19-12-3-1-11(2-4-12)17-22-14(9-25-17)8-23-10-21-16-7-13(20)5-6-15(16)18(23)24/h1-7,9-10H,8H2. The van der Waals surface area contributed by atoms with Gasteiger partial charge in [-0.1, -0.05) is 0 Å². The number of hydrogen-bond donors (Lipinski definition) is 0. The lowest BCUT2D eigenvalue weighted by atomic mass is 10.2. The molecule has 25 heavy (non-hydrogen) atoms. The maximum atomic E-state index is 13.2. The van der Waals surface area contributed by atoms with Gasteiger partial charge in [-0.05, 0) is 36.4 Å². The van der Waals surface area contributed by atoms with Crippen molar-refractivity contribution >= 4 is 22.2 Å². The van der Waals surface area contributed by atoms with Crippen LogP contribution < -0.4 is 5.56 Å². The van der Waals surface area contributed by atoms with Crippen molar-refractivity contribution < 1.29 is 8.78 Å². The Labute approximate surface area is 145 Å². The van der Waals surface area contributed by atoms with Crippen LogP contribution in [0.25, 0.3) is 21.5 Å². The van der Waals surface area contributed by atoms with E-state index in [4.69, 9.17) is 0 Å². The Hall–Kier alpha value is -2.93. The van der Waals surface area contributed by atoms with Crippen LogP contribution in [0.4, 0.5) is 8.78 Å². The number of benzene rings is 2. The molecular formula is C18H11F2N3OS. The molecule has 4 aromatic rings. The van der Waals surface area contributed by atoms with E-state index >= 15 is 0 Å². The molecule has 2 aromatic heterocycles. The smallest absolute Gasteiger partial charge is 0.261 e. The number of nitrogens with zero attached hydrogens (tertiary/aromatic N) is 3.